The molecule has 1 unspecified atom stereocenters. The van der Waals surface area contributed by atoms with Gasteiger partial charge >= 0.3 is 17.8 Å². The number of benzene rings is 1. The normalized spacial score (nSPS) is 15.1. The van der Waals surface area contributed by atoms with E-state index in [-0.39, 0.29) is 22.6 Å². The molecule has 2 amide bonds. The number of nitrogens with one attached hydrogen (secondary N) is 2. The van der Waals surface area contributed by atoms with Crippen molar-refractivity contribution in [2.24, 2.45) is 11.0 Å². The smallest absolute Gasteiger partial charge is 0.341 e. The van der Waals surface area contributed by atoms with Crippen LogP contribution in [0.2, 0.25) is 5.02 Å². The predicted octanol–water partition coefficient (Wildman–Crippen LogP) is 3.90. The third-order valence-electron chi connectivity index (χ3n) is 5.56. The fourth-order valence-corrected chi connectivity index (χ4v) is 5.40. The zero-order valence-corrected chi connectivity index (χ0v) is 20.5. The number of carbonyl (C=O) groups is 3. The molecular weight excluding hydrogens is 494 g/mol. The number of fused-ring (bicyclic) bond motifs is 2. The highest BCUT2D eigenvalue weighted by Gasteiger charge is 2.30. The highest BCUT2D eigenvalue weighted by molar-refractivity contribution is 7.17. The second-order valence-corrected chi connectivity index (χ2v) is 9.63. The summed E-state index contributed by atoms with van der Waals surface area (Å²) in [5, 5.41) is 7.10. The van der Waals surface area contributed by atoms with Gasteiger partial charge in [-0.2, -0.15) is 5.10 Å². The molecular formula is C24H22ClN3O6S. The van der Waals surface area contributed by atoms with E-state index in [4.69, 9.17) is 20.8 Å². The largest absolute Gasteiger partial charge is 0.463 e. The maximum atomic E-state index is 12.6. The van der Waals surface area contributed by atoms with Crippen molar-refractivity contribution in [3.8, 4) is 0 Å². The fourth-order valence-electron chi connectivity index (χ4n) is 3.84. The number of esters is 1. The van der Waals surface area contributed by atoms with E-state index in [2.05, 4.69) is 22.8 Å². The lowest BCUT2D eigenvalue weighted by atomic mass is 9.88. The number of halogens is 1. The second-order valence-electron chi connectivity index (χ2n) is 8.09. The quantitative estimate of drug-likeness (QED) is 0.229. The van der Waals surface area contributed by atoms with Gasteiger partial charge in [-0.1, -0.05) is 18.5 Å². The first kappa shape index (κ1) is 24.6. The molecule has 11 heteroatoms. The number of amides is 2. The average Bonchev–Trinajstić information content (AvgIpc) is 3.17. The van der Waals surface area contributed by atoms with E-state index in [1.165, 1.54) is 23.7 Å². The van der Waals surface area contributed by atoms with Gasteiger partial charge in [-0.25, -0.2) is 10.2 Å². The van der Waals surface area contributed by atoms with Crippen molar-refractivity contribution in [2.45, 2.75) is 33.1 Å². The van der Waals surface area contributed by atoms with Crippen LogP contribution in [0.5, 0.6) is 0 Å². The van der Waals surface area contributed by atoms with E-state index in [0.29, 0.717) is 28.5 Å². The van der Waals surface area contributed by atoms with Gasteiger partial charge in [0.05, 0.1) is 29.3 Å². The van der Waals surface area contributed by atoms with Crippen molar-refractivity contribution >= 4 is 62.9 Å². The summed E-state index contributed by atoms with van der Waals surface area (Å²) in [5.74, 6) is -2.14. The third-order valence-corrected chi connectivity index (χ3v) is 6.96. The zero-order valence-electron chi connectivity index (χ0n) is 19.0. The molecule has 9 nitrogen and oxygen atoms in total. The maximum absolute atomic E-state index is 12.6. The van der Waals surface area contributed by atoms with Crippen molar-refractivity contribution in [1.29, 1.82) is 0 Å². The molecule has 0 fully saturated rings. The van der Waals surface area contributed by atoms with Gasteiger partial charge in [-0.05, 0) is 55.9 Å². The first-order valence-corrected chi connectivity index (χ1v) is 12.1. The minimum absolute atomic E-state index is 0.0603. The average molecular weight is 516 g/mol. The van der Waals surface area contributed by atoms with E-state index < -0.39 is 23.2 Å². The van der Waals surface area contributed by atoms with E-state index in [0.717, 1.165) is 29.5 Å². The summed E-state index contributed by atoms with van der Waals surface area (Å²) in [6.45, 7) is 4.02. The number of carbonyl (C=O) groups excluding carboxylic acids is 3. The Bertz CT molecular complexity index is 1410. The molecule has 1 aliphatic rings. The molecule has 1 atom stereocenters. The van der Waals surface area contributed by atoms with Crippen molar-refractivity contribution in [3.63, 3.8) is 0 Å². The summed E-state index contributed by atoms with van der Waals surface area (Å²) in [6, 6.07) is 4.63. The van der Waals surface area contributed by atoms with Gasteiger partial charge in [0, 0.05) is 9.90 Å². The highest BCUT2D eigenvalue weighted by atomic mass is 35.5. The topological polar surface area (TPSA) is 127 Å². The van der Waals surface area contributed by atoms with Crippen LogP contribution in [0.1, 0.15) is 46.6 Å². The molecule has 0 aliphatic heterocycles. The lowest BCUT2D eigenvalue weighted by Gasteiger charge is -2.18. The number of ether oxygens (including phenoxy) is 1. The van der Waals surface area contributed by atoms with Crippen LogP contribution in [0.15, 0.2) is 38.8 Å². The number of thiophene rings is 1. The molecule has 0 bridgehead atoms. The van der Waals surface area contributed by atoms with E-state index in [1.54, 1.807) is 19.1 Å². The lowest BCUT2D eigenvalue weighted by Crippen LogP contribution is -2.32. The fraction of sp³-hybridized carbons (Fsp3) is 0.292. The molecule has 2 aromatic heterocycles. The molecule has 35 heavy (non-hydrogen) atoms. The minimum Gasteiger partial charge on any atom is -0.463 e. The Kier molecular flexibility index (Phi) is 7.32. The monoisotopic (exact) mass is 515 g/mol. The van der Waals surface area contributed by atoms with Crippen molar-refractivity contribution in [3.05, 3.63) is 61.3 Å². The Labute approximate surface area is 209 Å². The molecule has 0 saturated carbocycles. The highest BCUT2D eigenvalue weighted by Crippen LogP contribution is 2.40. The molecule has 0 saturated heterocycles. The summed E-state index contributed by atoms with van der Waals surface area (Å²) in [4.78, 5) is 51.0. The minimum atomic E-state index is -1.07. The molecule has 182 valence electrons. The second kappa shape index (κ2) is 10.4. The molecule has 4 rings (SSSR count). The van der Waals surface area contributed by atoms with Crippen LogP contribution < -0.4 is 16.2 Å². The van der Waals surface area contributed by atoms with Gasteiger partial charge in [-0.3, -0.25) is 14.4 Å². The third kappa shape index (κ3) is 5.28. The first-order chi connectivity index (χ1) is 16.8. The first-order valence-electron chi connectivity index (χ1n) is 11.0. The van der Waals surface area contributed by atoms with Crippen LogP contribution in [-0.4, -0.2) is 30.6 Å². The SMILES string of the molecule is CCOC(=O)c1c(NC(=O)C(=O)N/N=C/c2coc3ccc(Cl)cc3c2=O)sc2c1CCC(C)C2. The molecule has 2 N–H and O–H groups in total. The van der Waals surface area contributed by atoms with Crippen LogP contribution in [0, 0.1) is 5.92 Å². The Balaban J connectivity index is 1.48. The molecule has 0 spiro atoms. The van der Waals surface area contributed by atoms with Crippen LogP contribution >= 0.6 is 22.9 Å². The predicted molar refractivity (Wildman–Crippen MR) is 133 cm³/mol. The van der Waals surface area contributed by atoms with Gasteiger partial charge in [0.25, 0.3) is 0 Å². The molecule has 1 aliphatic carbocycles. The number of nitrogens with zero attached hydrogens (tertiary/aromatic N) is 1. The number of hydrogen-bond acceptors (Lipinski definition) is 8. The number of hydrogen-bond donors (Lipinski definition) is 2. The van der Waals surface area contributed by atoms with Gasteiger partial charge in [-0.15, -0.1) is 11.3 Å². The Morgan fingerprint density at radius 1 is 1.31 bits per heavy atom. The number of hydrazone groups is 1. The van der Waals surface area contributed by atoms with Crippen LogP contribution in [0.25, 0.3) is 11.0 Å². The molecule has 0 radical (unpaired) electrons. The summed E-state index contributed by atoms with van der Waals surface area (Å²) in [7, 11) is 0. The molecule has 2 heterocycles. The summed E-state index contributed by atoms with van der Waals surface area (Å²) >= 11 is 7.21. The van der Waals surface area contributed by atoms with E-state index in [9.17, 15) is 19.2 Å². The van der Waals surface area contributed by atoms with Gasteiger partial charge in [0.15, 0.2) is 0 Å². The Morgan fingerprint density at radius 2 is 2.11 bits per heavy atom. The molecule has 3 aromatic rings. The van der Waals surface area contributed by atoms with Crippen LogP contribution in [0.3, 0.4) is 0 Å². The van der Waals surface area contributed by atoms with E-state index in [1.807, 2.05) is 0 Å². The Morgan fingerprint density at radius 3 is 2.89 bits per heavy atom. The van der Waals surface area contributed by atoms with Gasteiger partial charge < -0.3 is 14.5 Å². The van der Waals surface area contributed by atoms with E-state index >= 15 is 0 Å². The number of anilines is 1. The number of rotatable bonds is 5. The van der Waals surface area contributed by atoms with Crippen LogP contribution in [0.4, 0.5) is 5.00 Å². The summed E-state index contributed by atoms with van der Waals surface area (Å²) in [6.07, 6.45) is 4.68. The standard InChI is InChI=1S/C24H22ClN3O6S/c1-3-33-24(32)19-15-6-4-12(2)8-18(15)35-23(19)27-21(30)22(31)28-26-10-13-11-34-17-7-5-14(25)9-16(17)20(13)29/h5,7,9-12H,3-4,6,8H2,1-2H3,(H,27,30)(H,28,31)/b26-10+. The lowest BCUT2D eigenvalue weighted by molar-refractivity contribution is -0.136. The van der Waals surface area contributed by atoms with Crippen molar-refractivity contribution < 1.29 is 23.5 Å². The van der Waals surface area contributed by atoms with Gasteiger partial charge in [0.2, 0.25) is 5.43 Å². The Hall–Kier alpha value is -3.50. The van der Waals surface area contributed by atoms with Crippen molar-refractivity contribution in [1.82, 2.24) is 5.43 Å². The summed E-state index contributed by atoms with van der Waals surface area (Å²) < 4.78 is 10.6. The van der Waals surface area contributed by atoms with Gasteiger partial charge in [0.1, 0.15) is 16.8 Å². The van der Waals surface area contributed by atoms with Crippen molar-refractivity contribution in [2.75, 3.05) is 11.9 Å². The molecule has 1 aromatic carbocycles. The maximum Gasteiger partial charge on any atom is 0.341 e. The summed E-state index contributed by atoms with van der Waals surface area (Å²) in [5.41, 5.74) is 3.26. The zero-order chi connectivity index (χ0) is 25.1. The van der Waals surface area contributed by atoms with Crippen LogP contribution in [-0.2, 0) is 27.2 Å².